The van der Waals surface area contributed by atoms with Gasteiger partial charge in [0.25, 0.3) is 5.91 Å². The van der Waals surface area contributed by atoms with Crippen LogP contribution in [0.5, 0.6) is 0 Å². The number of hydrogen-bond acceptors (Lipinski definition) is 7. The average molecular weight is 428 g/mol. The Labute approximate surface area is 179 Å². The number of fused-ring (bicyclic) bond motifs is 1. The van der Waals surface area contributed by atoms with Crippen molar-refractivity contribution in [2.45, 2.75) is 46.5 Å². The minimum absolute atomic E-state index is 0.211. The highest BCUT2D eigenvalue weighted by Crippen LogP contribution is 2.39. The van der Waals surface area contributed by atoms with Gasteiger partial charge in [-0.15, -0.1) is 16.5 Å². The zero-order valence-corrected chi connectivity index (χ0v) is 18.1. The Bertz CT molecular complexity index is 1000. The first kappa shape index (κ1) is 21.7. The van der Waals surface area contributed by atoms with Crippen LogP contribution in [0.25, 0.3) is 0 Å². The number of esters is 1. The minimum Gasteiger partial charge on any atom is -0.510 e. The van der Waals surface area contributed by atoms with Crippen LogP contribution in [0.15, 0.2) is 46.0 Å². The number of anilines is 1. The van der Waals surface area contributed by atoms with Crippen LogP contribution in [-0.4, -0.2) is 23.6 Å². The Balaban J connectivity index is 1.87. The largest absolute Gasteiger partial charge is 0.510 e. The second-order valence-corrected chi connectivity index (χ2v) is 8.16. The van der Waals surface area contributed by atoms with Gasteiger partial charge in [-0.25, -0.2) is 4.79 Å². The smallest absolute Gasteiger partial charge is 0.341 e. The van der Waals surface area contributed by atoms with Crippen molar-refractivity contribution in [1.29, 1.82) is 0 Å². The van der Waals surface area contributed by atoms with Crippen molar-refractivity contribution in [2.75, 3.05) is 11.9 Å². The first-order valence-electron chi connectivity index (χ1n) is 9.92. The molecule has 1 aliphatic carbocycles. The Kier molecular flexibility index (Phi) is 6.99. The van der Waals surface area contributed by atoms with Crippen molar-refractivity contribution in [3.05, 3.63) is 57.3 Å². The highest BCUT2D eigenvalue weighted by molar-refractivity contribution is 7.17. The van der Waals surface area contributed by atoms with Gasteiger partial charge in [0.05, 0.1) is 17.9 Å². The summed E-state index contributed by atoms with van der Waals surface area (Å²) in [7, 11) is 0. The predicted molar refractivity (Wildman–Crippen MR) is 117 cm³/mol. The lowest BCUT2D eigenvalue weighted by Crippen LogP contribution is -2.17. The summed E-state index contributed by atoms with van der Waals surface area (Å²) in [5.74, 6) is -1.34. The Morgan fingerprint density at radius 1 is 1.20 bits per heavy atom. The fourth-order valence-electron chi connectivity index (χ4n) is 3.24. The van der Waals surface area contributed by atoms with Gasteiger partial charge in [0, 0.05) is 4.88 Å². The fourth-order valence-corrected chi connectivity index (χ4v) is 4.51. The summed E-state index contributed by atoms with van der Waals surface area (Å²) >= 11 is 1.38. The van der Waals surface area contributed by atoms with Gasteiger partial charge >= 0.3 is 5.97 Å². The molecule has 1 aliphatic rings. The number of azo groups is 1. The summed E-state index contributed by atoms with van der Waals surface area (Å²) in [6.45, 7) is 5.33. The molecule has 2 N–H and O–H groups in total. The van der Waals surface area contributed by atoms with Crippen molar-refractivity contribution < 1.29 is 19.4 Å². The van der Waals surface area contributed by atoms with Crippen LogP contribution in [0, 0.1) is 6.92 Å². The van der Waals surface area contributed by atoms with E-state index in [1.54, 1.807) is 19.1 Å². The van der Waals surface area contributed by atoms with E-state index >= 15 is 0 Å². The van der Waals surface area contributed by atoms with Gasteiger partial charge < -0.3 is 15.2 Å². The maximum atomic E-state index is 12.8. The van der Waals surface area contributed by atoms with Crippen LogP contribution >= 0.6 is 11.3 Å². The molecule has 2 aromatic rings. The van der Waals surface area contributed by atoms with Crippen LogP contribution in [-0.2, 0) is 22.4 Å². The zero-order valence-electron chi connectivity index (χ0n) is 17.3. The number of hydrogen-bond donors (Lipinski definition) is 2. The summed E-state index contributed by atoms with van der Waals surface area (Å²) in [5.41, 5.74) is 2.79. The van der Waals surface area contributed by atoms with E-state index in [4.69, 9.17) is 4.74 Å². The molecule has 1 amide bonds. The first-order valence-corrected chi connectivity index (χ1v) is 10.7. The van der Waals surface area contributed by atoms with Crippen LogP contribution in [0.4, 0.5) is 10.7 Å². The number of ether oxygens (including phenoxy) is 1. The maximum absolute atomic E-state index is 12.8. The van der Waals surface area contributed by atoms with Gasteiger partial charge in [-0.1, -0.05) is 17.7 Å². The summed E-state index contributed by atoms with van der Waals surface area (Å²) < 4.78 is 5.21. The number of nitrogens with one attached hydrogen (secondary N) is 1. The van der Waals surface area contributed by atoms with E-state index in [2.05, 4.69) is 15.5 Å². The third-order valence-electron chi connectivity index (χ3n) is 4.74. The Hall–Kier alpha value is -3.00. The molecule has 158 valence electrons. The Morgan fingerprint density at radius 3 is 2.57 bits per heavy atom. The molecule has 8 heteroatoms. The van der Waals surface area contributed by atoms with E-state index in [9.17, 15) is 14.7 Å². The summed E-state index contributed by atoms with van der Waals surface area (Å²) in [4.78, 5) is 26.5. The molecule has 0 saturated heterocycles. The van der Waals surface area contributed by atoms with Gasteiger partial charge in [0.1, 0.15) is 10.8 Å². The normalized spacial score (nSPS) is 14.2. The van der Waals surface area contributed by atoms with E-state index in [0.717, 1.165) is 41.7 Å². The van der Waals surface area contributed by atoms with Crippen molar-refractivity contribution in [1.82, 2.24) is 0 Å². The molecule has 3 rings (SSSR count). The quantitative estimate of drug-likeness (QED) is 0.270. The molecule has 0 fully saturated rings. The third-order valence-corrected chi connectivity index (χ3v) is 5.94. The highest BCUT2D eigenvalue weighted by Gasteiger charge is 2.28. The van der Waals surface area contributed by atoms with Crippen molar-refractivity contribution >= 4 is 33.9 Å². The number of rotatable bonds is 6. The summed E-state index contributed by atoms with van der Waals surface area (Å²) in [5, 5.41) is 21.1. The second kappa shape index (κ2) is 9.67. The number of benzene rings is 1. The molecule has 1 heterocycles. The number of carbonyl (C=O) groups excluding carboxylic acids is 2. The van der Waals surface area contributed by atoms with Crippen molar-refractivity contribution in [2.24, 2.45) is 10.2 Å². The maximum Gasteiger partial charge on any atom is 0.341 e. The molecule has 0 spiro atoms. The fraction of sp³-hybridized carbons (Fsp3) is 0.364. The lowest BCUT2D eigenvalue weighted by atomic mass is 9.95. The van der Waals surface area contributed by atoms with Crippen LogP contribution in [0.1, 0.15) is 53.1 Å². The highest BCUT2D eigenvalue weighted by atomic mass is 32.1. The van der Waals surface area contributed by atoms with Crippen LogP contribution in [0.3, 0.4) is 0 Å². The number of carbonyl (C=O) groups is 2. The SMILES string of the molecule is CCOC(=O)c1c(NC(=O)/C(N=Nc2ccc(C)cc2)=C(/C)O)sc2c1CCCC2. The molecule has 0 saturated carbocycles. The molecule has 7 nitrogen and oxygen atoms in total. The number of aryl methyl sites for hydroxylation is 2. The summed E-state index contributed by atoms with van der Waals surface area (Å²) in [6.07, 6.45) is 3.70. The molecule has 30 heavy (non-hydrogen) atoms. The average Bonchev–Trinajstić information content (AvgIpc) is 3.07. The second-order valence-electron chi connectivity index (χ2n) is 7.06. The summed E-state index contributed by atoms with van der Waals surface area (Å²) in [6, 6.07) is 7.30. The standard InChI is InChI=1S/C22H25N3O4S/c1-4-29-22(28)18-16-7-5-6-8-17(16)30-21(18)23-20(27)19(14(3)26)25-24-15-11-9-13(2)10-12-15/h9-12,26H,4-8H2,1-3H3,(H,23,27)/b19-14+,25-24?. The number of aliphatic hydroxyl groups excluding tert-OH is 1. The number of nitrogens with zero attached hydrogens (tertiary/aromatic N) is 2. The van der Waals surface area contributed by atoms with Gasteiger partial charge in [-0.05, 0) is 64.2 Å². The van der Waals surface area contributed by atoms with E-state index in [-0.39, 0.29) is 18.1 Å². The van der Waals surface area contributed by atoms with Crippen LogP contribution in [0.2, 0.25) is 0 Å². The van der Waals surface area contributed by atoms with Gasteiger partial charge in [0.2, 0.25) is 0 Å². The predicted octanol–water partition coefficient (Wildman–Crippen LogP) is 5.62. The van der Waals surface area contributed by atoms with E-state index in [1.165, 1.54) is 18.3 Å². The molecular weight excluding hydrogens is 402 g/mol. The third kappa shape index (κ3) is 4.94. The molecule has 0 atom stereocenters. The van der Waals surface area contributed by atoms with E-state index in [1.807, 2.05) is 19.1 Å². The van der Waals surface area contributed by atoms with Gasteiger partial charge in [-0.3, -0.25) is 4.79 Å². The number of thiophene rings is 1. The van der Waals surface area contributed by atoms with E-state index < -0.39 is 11.9 Å². The molecule has 0 radical (unpaired) electrons. The van der Waals surface area contributed by atoms with Gasteiger partial charge in [0.15, 0.2) is 5.70 Å². The van der Waals surface area contributed by atoms with E-state index in [0.29, 0.717) is 16.3 Å². The number of amides is 1. The lowest BCUT2D eigenvalue weighted by molar-refractivity contribution is -0.113. The monoisotopic (exact) mass is 427 g/mol. The van der Waals surface area contributed by atoms with Crippen molar-refractivity contribution in [3.63, 3.8) is 0 Å². The Morgan fingerprint density at radius 2 is 1.90 bits per heavy atom. The molecule has 0 bridgehead atoms. The van der Waals surface area contributed by atoms with Crippen LogP contribution < -0.4 is 5.32 Å². The first-order chi connectivity index (χ1) is 14.4. The molecule has 1 aromatic carbocycles. The minimum atomic E-state index is -0.630. The molecule has 0 unspecified atom stereocenters. The number of allylic oxidation sites excluding steroid dienone is 1. The topological polar surface area (TPSA) is 100 Å². The molecular formula is C22H25N3O4S. The molecule has 1 aromatic heterocycles. The number of aliphatic hydroxyl groups is 1. The van der Waals surface area contributed by atoms with Gasteiger partial charge in [-0.2, -0.15) is 5.11 Å². The van der Waals surface area contributed by atoms with Crippen molar-refractivity contribution in [3.8, 4) is 0 Å². The zero-order chi connectivity index (χ0) is 21.7. The lowest BCUT2D eigenvalue weighted by Gasteiger charge is -2.12. The molecule has 0 aliphatic heterocycles.